The third-order valence-corrected chi connectivity index (χ3v) is 2.77. The van der Waals surface area contributed by atoms with Gasteiger partial charge in [0.1, 0.15) is 4.49 Å². The van der Waals surface area contributed by atoms with Crippen LogP contribution in [0, 0.1) is 17.3 Å². The third-order valence-electron chi connectivity index (χ3n) is 2.52. The van der Waals surface area contributed by atoms with Gasteiger partial charge in [0, 0.05) is 0 Å². The molecule has 68 valence electrons. The Morgan fingerprint density at radius 1 is 1.50 bits per heavy atom. The zero-order valence-electron chi connectivity index (χ0n) is 6.97. The molecule has 2 nitrogen and oxygen atoms in total. The average Bonchev–Trinajstić information content (AvgIpc) is 2.32. The number of rotatable bonds is 2. The predicted octanol–water partition coefficient (Wildman–Crippen LogP) is 2.06. The topological polar surface area (TPSA) is 43.1 Å². The van der Waals surface area contributed by atoms with E-state index in [0.717, 1.165) is 0 Å². The molecule has 0 aliphatic heterocycles. The first kappa shape index (κ1) is 9.87. The Bertz CT molecular complexity index is 243. The van der Waals surface area contributed by atoms with Crippen molar-refractivity contribution >= 4 is 29.1 Å². The second-order valence-corrected chi connectivity index (χ2v) is 4.69. The summed E-state index contributed by atoms with van der Waals surface area (Å²) in [6, 6.07) is 0. The Kier molecular flexibility index (Phi) is 2.41. The van der Waals surface area contributed by atoms with E-state index in [1.807, 2.05) is 13.8 Å². The maximum Gasteiger partial charge on any atom is 0.221 e. The van der Waals surface area contributed by atoms with Crippen molar-refractivity contribution in [2.45, 2.75) is 13.8 Å². The molecule has 0 radical (unpaired) electrons. The molecular formula is C8H11Cl2NO. The second kappa shape index (κ2) is 2.93. The summed E-state index contributed by atoms with van der Waals surface area (Å²) in [5.74, 6) is -0.305. The standard InChI is InChI=1S/C8H11Cl2NO/c1-8(2)4(3-5(9)10)6(8)7(11)12/h3-4,6H,1-2H3,(H2,11,12). The van der Waals surface area contributed by atoms with Crippen molar-refractivity contribution in [2.75, 3.05) is 0 Å². The van der Waals surface area contributed by atoms with Crippen LogP contribution in [0.5, 0.6) is 0 Å². The summed E-state index contributed by atoms with van der Waals surface area (Å²) in [7, 11) is 0. The first-order valence-electron chi connectivity index (χ1n) is 3.69. The van der Waals surface area contributed by atoms with Crippen LogP contribution in [0.3, 0.4) is 0 Å². The fourth-order valence-corrected chi connectivity index (χ4v) is 1.94. The lowest BCUT2D eigenvalue weighted by atomic mass is 10.1. The molecule has 12 heavy (non-hydrogen) atoms. The lowest BCUT2D eigenvalue weighted by Crippen LogP contribution is -2.16. The van der Waals surface area contributed by atoms with E-state index >= 15 is 0 Å². The van der Waals surface area contributed by atoms with E-state index in [0.29, 0.717) is 0 Å². The van der Waals surface area contributed by atoms with Crippen molar-refractivity contribution in [1.82, 2.24) is 0 Å². The van der Waals surface area contributed by atoms with Gasteiger partial charge in [0.25, 0.3) is 0 Å². The van der Waals surface area contributed by atoms with Crippen LogP contribution in [0.25, 0.3) is 0 Å². The number of hydrogen-bond donors (Lipinski definition) is 1. The molecule has 2 N–H and O–H groups in total. The minimum Gasteiger partial charge on any atom is -0.369 e. The molecule has 1 aliphatic carbocycles. The van der Waals surface area contributed by atoms with Crippen molar-refractivity contribution in [2.24, 2.45) is 23.0 Å². The van der Waals surface area contributed by atoms with Crippen LogP contribution in [0.2, 0.25) is 0 Å². The average molecular weight is 208 g/mol. The highest BCUT2D eigenvalue weighted by atomic mass is 35.5. The van der Waals surface area contributed by atoms with Crippen LogP contribution in [0.15, 0.2) is 10.6 Å². The van der Waals surface area contributed by atoms with E-state index in [9.17, 15) is 4.79 Å². The number of carbonyl (C=O) groups is 1. The fraction of sp³-hybridized carbons (Fsp3) is 0.625. The maximum absolute atomic E-state index is 10.9. The molecule has 2 atom stereocenters. The highest BCUT2D eigenvalue weighted by Crippen LogP contribution is 2.59. The lowest BCUT2D eigenvalue weighted by molar-refractivity contribution is -0.119. The monoisotopic (exact) mass is 207 g/mol. The number of halogens is 2. The maximum atomic E-state index is 10.9. The first-order chi connectivity index (χ1) is 5.37. The van der Waals surface area contributed by atoms with Gasteiger partial charge in [-0.1, -0.05) is 37.0 Å². The number of allylic oxidation sites excluding steroid dienone is 1. The van der Waals surface area contributed by atoms with E-state index in [-0.39, 0.29) is 27.6 Å². The summed E-state index contributed by atoms with van der Waals surface area (Å²) in [6.45, 7) is 3.95. The number of nitrogens with two attached hydrogens (primary N) is 1. The van der Waals surface area contributed by atoms with Gasteiger partial charge < -0.3 is 5.73 Å². The van der Waals surface area contributed by atoms with Crippen LogP contribution in [0.1, 0.15) is 13.8 Å². The molecule has 4 heteroatoms. The molecule has 0 saturated heterocycles. The summed E-state index contributed by atoms with van der Waals surface area (Å²) in [4.78, 5) is 10.9. The van der Waals surface area contributed by atoms with Crippen molar-refractivity contribution in [1.29, 1.82) is 0 Å². The minimum absolute atomic E-state index is 0.0825. The Hall–Kier alpha value is -0.210. The zero-order valence-corrected chi connectivity index (χ0v) is 8.49. The molecule has 0 bridgehead atoms. The summed E-state index contributed by atoms with van der Waals surface area (Å²) >= 11 is 11.0. The van der Waals surface area contributed by atoms with Gasteiger partial charge in [-0.15, -0.1) is 0 Å². The van der Waals surface area contributed by atoms with Crippen LogP contribution >= 0.6 is 23.2 Å². The molecule has 0 heterocycles. The van der Waals surface area contributed by atoms with E-state index in [2.05, 4.69) is 0 Å². The summed E-state index contributed by atoms with van der Waals surface area (Å²) < 4.78 is 0.205. The van der Waals surface area contributed by atoms with Gasteiger partial charge >= 0.3 is 0 Å². The van der Waals surface area contributed by atoms with Gasteiger partial charge in [0.2, 0.25) is 5.91 Å². The van der Waals surface area contributed by atoms with Gasteiger partial charge in [-0.2, -0.15) is 0 Å². The molecule has 0 aromatic rings. The van der Waals surface area contributed by atoms with Crippen LogP contribution in [-0.2, 0) is 4.79 Å². The molecule has 0 spiro atoms. The second-order valence-electron chi connectivity index (χ2n) is 3.68. The van der Waals surface area contributed by atoms with Gasteiger partial charge in [-0.25, -0.2) is 0 Å². The Labute approximate surface area is 81.7 Å². The van der Waals surface area contributed by atoms with Crippen LogP contribution in [0.4, 0.5) is 0 Å². The van der Waals surface area contributed by atoms with Crippen molar-refractivity contribution in [3.63, 3.8) is 0 Å². The van der Waals surface area contributed by atoms with Crippen LogP contribution < -0.4 is 5.73 Å². The van der Waals surface area contributed by atoms with Gasteiger partial charge in [0.15, 0.2) is 0 Å². The number of hydrogen-bond acceptors (Lipinski definition) is 1. The Balaban J connectivity index is 2.73. The summed E-state index contributed by atoms with van der Waals surface area (Å²) in [5, 5.41) is 0. The molecule has 0 aromatic carbocycles. The smallest absolute Gasteiger partial charge is 0.221 e. The minimum atomic E-state index is -0.282. The fourth-order valence-electron chi connectivity index (χ4n) is 1.67. The molecule has 1 aliphatic rings. The first-order valence-corrected chi connectivity index (χ1v) is 4.45. The molecule has 0 aromatic heterocycles. The van der Waals surface area contributed by atoms with E-state index in [1.165, 1.54) is 0 Å². The molecule has 1 amide bonds. The highest BCUT2D eigenvalue weighted by Gasteiger charge is 2.59. The zero-order chi connectivity index (χ0) is 9.52. The number of carbonyl (C=O) groups excluding carboxylic acids is 1. The van der Waals surface area contributed by atoms with Crippen molar-refractivity contribution in [3.05, 3.63) is 10.6 Å². The molecule has 2 unspecified atom stereocenters. The largest absolute Gasteiger partial charge is 0.369 e. The quantitative estimate of drug-likeness (QED) is 0.741. The third kappa shape index (κ3) is 1.59. The van der Waals surface area contributed by atoms with Crippen molar-refractivity contribution < 1.29 is 4.79 Å². The van der Waals surface area contributed by atoms with Gasteiger partial charge in [0.05, 0.1) is 5.92 Å². The lowest BCUT2D eigenvalue weighted by Gasteiger charge is -1.96. The van der Waals surface area contributed by atoms with Gasteiger partial charge in [-0.3, -0.25) is 4.79 Å². The van der Waals surface area contributed by atoms with Crippen molar-refractivity contribution in [3.8, 4) is 0 Å². The molecular weight excluding hydrogens is 197 g/mol. The Morgan fingerprint density at radius 2 is 2.00 bits per heavy atom. The summed E-state index contributed by atoms with van der Waals surface area (Å²) in [6.07, 6.45) is 1.68. The highest BCUT2D eigenvalue weighted by molar-refractivity contribution is 6.55. The van der Waals surface area contributed by atoms with E-state index in [1.54, 1.807) is 6.08 Å². The predicted molar refractivity (Wildman–Crippen MR) is 49.7 cm³/mol. The summed E-state index contributed by atoms with van der Waals surface area (Å²) in [5.41, 5.74) is 5.10. The normalized spacial score (nSPS) is 31.0. The molecule has 1 fully saturated rings. The SMILES string of the molecule is CC1(C)C(C=C(Cl)Cl)C1C(N)=O. The molecule has 1 saturated carbocycles. The van der Waals surface area contributed by atoms with Crippen LogP contribution in [-0.4, -0.2) is 5.91 Å². The van der Waals surface area contributed by atoms with E-state index in [4.69, 9.17) is 28.9 Å². The number of amides is 1. The molecule has 1 rings (SSSR count). The van der Waals surface area contributed by atoms with E-state index < -0.39 is 0 Å². The Morgan fingerprint density at radius 3 is 2.25 bits per heavy atom. The van der Waals surface area contributed by atoms with Gasteiger partial charge in [-0.05, 0) is 17.4 Å². The number of primary amides is 1.